The lowest BCUT2D eigenvalue weighted by atomic mass is 9.83. The van der Waals surface area contributed by atoms with Gasteiger partial charge in [0.25, 0.3) is 0 Å². The van der Waals surface area contributed by atoms with Crippen LogP contribution in [0.3, 0.4) is 0 Å². The molecule has 0 spiro atoms. The van der Waals surface area contributed by atoms with E-state index in [2.05, 4.69) is 101 Å². The van der Waals surface area contributed by atoms with Gasteiger partial charge in [0.2, 0.25) is 10.0 Å². The predicted molar refractivity (Wildman–Crippen MR) is 233 cm³/mol. The van der Waals surface area contributed by atoms with Crippen LogP contribution in [0.2, 0.25) is 0 Å². The number of hydrogen-bond acceptors (Lipinski definition) is 7. The van der Waals surface area contributed by atoms with Crippen molar-refractivity contribution in [2.45, 2.75) is 49.0 Å². The molecule has 0 radical (unpaired) electrons. The Hall–Kier alpha value is -5.78. The van der Waals surface area contributed by atoms with Crippen molar-refractivity contribution >= 4 is 42.5 Å². The number of likely N-dealkylation sites (N-methyl/N-ethyl adjacent to an activating group) is 1. The van der Waals surface area contributed by atoms with Crippen LogP contribution >= 0.6 is 0 Å². The standard InChI is InChI=1S/C50H45N3O5S/c1-53(31-44-42-17-7-5-13-40(42)29-41-14-6-8-18-43(41)44)32-45-47(36-11-3-2-4-12-36)49(38-24-22-35(33-54)23-25-38)58-50(57-45)39-26-20-34(21-27-39)30-52-59(55,56)46-19-9-15-37-16-10-28-51-48(37)46/h2-29,45,47,49-50,52,54H,30-33H2,1H3/t45-,47-,49+,50?/m1/s1. The van der Waals surface area contributed by atoms with E-state index in [4.69, 9.17) is 9.47 Å². The minimum atomic E-state index is -3.84. The van der Waals surface area contributed by atoms with Gasteiger partial charge in [-0.25, -0.2) is 13.1 Å². The minimum absolute atomic E-state index is 0.0444. The van der Waals surface area contributed by atoms with Crippen LogP contribution in [0.4, 0.5) is 0 Å². The average molecular weight is 800 g/mol. The molecular formula is C50H45N3O5S. The van der Waals surface area contributed by atoms with Gasteiger partial charge in [-0.1, -0.05) is 146 Å². The quantitative estimate of drug-likeness (QED) is 0.119. The molecule has 59 heavy (non-hydrogen) atoms. The summed E-state index contributed by atoms with van der Waals surface area (Å²) in [6.45, 7) is 1.39. The first-order valence-electron chi connectivity index (χ1n) is 19.9. The van der Waals surface area contributed by atoms with Gasteiger partial charge in [-0.05, 0) is 74.6 Å². The van der Waals surface area contributed by atoms with Crippen LogP contribution in [0.5, 0.6) is 0 Å². The van der Waals surface area contributed by atoms with Crippen molar-refractivity contribution in [2.24, 2.45) is 0 Å². The minimum Gasteiger partial charge on any atom is -0.392 e. The Labute approximate surface area is 344 Å². The van der Waals surface area contributed by atoms with Crippen LogP contribution in [-0.4, -0.2) is 43.1 Å². The molecule has 8 aromatic rings. The van der Waals surface area contributed by atoms with Gasteiger partial charge in [0.1, 0.15) is 4.90 Å². The van der Waals surface area contributed by atoms with Crippen molar-refractivity contribution in [3.05, 3.63) is 203 Å². The maximum atomic E-state index is 13.5. The number of hydrogen-bond donors (Lipinski definition) is 2. The van der Waals surface area contributed by atoms with E-state index in [0.717, 1.165) is 33.2 Å². The molecule has 1 aromatic heterocycles. The van der Waals surface area contributed by atoms with Gasteiger partial charge >= 0.3 is 0 Å². The molecule has 1 aliphatic rings. The largest absolute Gasteiger partial charge is 0.392 e. The topological polar surface area (TPSA) is 101 Å². The molecule has 1 fully saturated rings. The number of nitrogens with zero attached hydrogens (tertiary/aromatic N) is 2. The van der Waals surface area contributed by atoms with Gasteiger partial charge in [-0.3, -0.25) is 9.88 Å². The molecule has 1 aliphatic heterocycles. The summed E-state index contributed by atoms with van der Waals surface area (Å²) >= 11 is 0. The smallest absolute Gasteiger partial charge is 0.243 e. The van der Waals surface area contributed by atoms with Gasteiger partial charge in [-0.2, -0.15) is 0 Å². The fraction of sp³-hybridized carbons (Fsp3) is 0.180. The van der Waals surface area contributed by atoms with Crippen molar-refractivity contribution in [1.82, 2.24) is 14.6 Å². The SMILES string of the molecule is CN(Cc1c2ccccc2cc2ccccc12)C[C@H]1OC(c2ccc(CNS(=O)(=O)c3cccc4cccnc34)cc2)O[C@@H](c2ccc(CO)cc2)[C@@H]1c1ccccc1. The fourth-order valence-electron chi connectivity index (χ4n) is 8.43. The van der Waals surface area contributed by atoms with E-state index in [1.165, 1.54) is 27.1 Å². The molecule has 8 nitrogen and oxygen atoms in total. The summed E-state index contributed by atoms with van der Waals surface area (Å²) in [5.41, 5.74) is 6.26. The molecule has 9 heteroatoms. The molecule has 9 rings (SSSR count). The Bertz CT molecular complexity index is 2780. The molecule has 1 unspecified atom stereocenters. The third kappa shape index (κ3) is 8.14. The first kappa shape index (κ1) is 38.7. The van der Waals surface area contributed by atoms with Gasteiger partial charge in [0.15, 0.2) is 6.29 Å². The van der Waals surface area contributed by atoms with E-state index < -0.39 is 16.3 Å². The highest BCUT2D eigenvalue weighted by Crippen LogP contribution is 2.47. The Morgan fingerprint density at radius 2 is 1.29 bits per heavy atom. The third-order valence-corrected chi connectivity index (χ3v) is 12.8. The molecule has 296 valence electrons. The van der Waals surface area contributed by atoms with Crippen LogP contribution in [0.25, 0.3) is 32.4 Å². The summed E-state index contributed by atoms with van der Waals surface area (Å²) in [5, 5.41) is 15.5. The zero-order chi connectivity index (χ0) is 40.3. The molecule has 2 N–H and O–H groups in total. The molecule has 7 aromatic carbocycles. The van der Waals surface area contributed by atoms with Crippen molar-refractivity contribution in [3.63, 3.8) is 0 Å². The molecule has 0 bridgehead atoms. The van der Waals surface area contributed by atoms with E-state index in [1.807, 2.05) is 66.7 Å². The summed E-state index contributed by atoms with van der Waals surface area (Å²) in [4.78, 5) is 6.83. The Morgan fingerprint density at radius 1 is 0.661 bits per heavy atom. The summed E-state index contributed by atoms with van der Waals surface area (Å²) in [6, 6.07) is 54.3. The molecule has 0 amide bonds. The van der Waals surface area contributed by atoms with E-state index in [9.17, 15) is 13.5 Å². The number of nitrogens with one attached hydrogen (secondary N) is 1. The number of rotatable bonds is 12. The van der Waals surface area contributed by atoms with Crippen molar-refractivity contribution in [1.29, 1.82) is 0 Å². The van der Waals surface area contributed by atoms with E-state index in [-0.39, 0.29) is 36.2 Å². The number of para-hydroxylation sites is 1. The molecular weight excluding hydrogens is 755 g/mol. The Kier molecular flexibility index (Phi) is 11.0. The summed E-state index contributed by atoms with van der Waals surface area (Å²) in [5.74, 6) is -0.156. The number of sulfonamides is 1. The lowest BCUT2D eigenvalue weighted by molar-refractivity contribution is -0.263. The lowest BCUT2D eigenvalue weighted by Crippen LogP contribution is -2.43. The van der Waals surface area contributed by atoms with Crippen LogP contribution in [0.1, 0.15) is 51.7 Å². The zero-order valence-electron chi connectivity index (χ0n) is 32.7. The fourth-order valence-corrected chi connectivity index (χ4v) is 9.62. The maximum absolute atomic E-state index is 13.5. The molecule has 1 saturated heterocycles. The predicted octanol–water partition coefficient (Wildman–Crippen LogP) is 9.58. The van der Waals surface area contributed by atoms with Gasteiger partial charge in [0.05, 0.1) is 24.3 Å². The van der Waals surface area contributed by atoms with Gasteiger partial charge in [-0.15, -0.1) is 0 Å². The van der Waals surface area contributed by atoms with E-state index in [0.29, 0.717) is 18.6 Å². The average Bonchev–Trinajstić information content (AvgIpc) is 3.28. The molecule has 0 saturated carbocycles. The number of ether oxygens (including phenoxy) is 2. The zero-order valence-corrected chi connectivity index (χ0v) is 33.5. The second kappa shape index (κ2) is 16.8. The van der Waals surface area contributed by atoms with Crippen LogP contribution < -0.4 is 4.72 Å². The van der Waals surface area contributed by atoms with Crippen molar-refractivity contribution in [3.8, 4) is 0 Å². The maximum Gasteiger partial charge on any atom is 0.243 e. The second-order valence-corrected chi connectivity index (χ2v) is 17.0. The molecule has 4 atom stereocenters. The Morgan fingerprint density at radius 3 is 2.00 bits per heavy atom. The number of aliphatic hydroxyl groups is 1. The van der Waals surface area contributed by atoms with Crippen molar-refractivity contribution in [2.75, 3.05) is 13.6 Å². The third-order valence-electron chi connectivity index (χ3n) is 11.4. The van der Waals surface area contributed by atoms with Crippen molar-refractivity contribution < 1.29 is 23.0 Å². The number of aromatic nitrogens is 1. The molecule has 0 aliphatic carbocycles. The number of fused-ring (bicyclic) bond motifs is 3. The summed E-state index contributed by atoms with van der Waals surface area (Å²) in [6.07, 6.45) is 0.232. The van der Waals surface area contributed by atoms with Crippen LogP contribution in [0, 0.1) is 0 Å². The van der Waals surface area contributed by atoms with Gasteiger partial charge < -0.3 is 14.6 Å². The Balaban J connectivity index is 1.02. The second-order valence-electron chi connectivity index (χ2n) is 15.3. The van der Waals surface area contributed by atoms with Gasteiger partial charge in [0, 0.05) is 42.7 Å². The molecule has 2 heterocycles. The monoisotopic (exact) mass is 799 g/mol. The first-order chi connectivity index (χ1) is 28.8. The highest BCUT2D eigenvalue weighted by molar-refractivity contribution is 7.89. The summed E-state index contributed by atoms with van der Waals surface area (Å²) in [7, 11) is -1.69. The first-order valence-corrected chi connectivity index (χ1v) is 21.4. The van der Waals surface area contributed by atoms with E-state index in [1.54, 1.807) is 24.4 Å². The normalized spacial score (nSPS) is 18.5. The van der Waals surface area contributed by atoms with Crippen LogP contribution in [-0.2, 0) is 39.2 Å². The highest BCUT2D eigenvalue weighted by Gasteiger charge is 2.42. The van der Waals surface area contributed by atoms with E-state index >= 15 is 0 Å². The number of pyridine rings is 1. The number of aliphatic hydroxyl groups excluding tert-OH is 1. The number of benzene rings is 7. The summed E-state index contributed by atoms with van der Waals surface area (Å²) < 4.78 is 43.7. The highest BCUT2D eigenvalue weighted by atomic mass is 32.2. The van der Waals surface area contributed by atoms with Crippen LogP contribution in [0.15, 0.2) is 175 Å². The lowest BCUT2D eigenvalue weighted by Gasteiger charge is -2.44.